The molecule has 0 aromatic heterocycles. The Labute approximate surface area is 93.5 Å². The molecule has 1 atom stereocenters. The largest absolute Gasteiger partial charge is 0.508 e. The van der Waals surface area contributed by atoms with Crippen molar-refractivity contribution in [2.45, 2.75) is 12.5 Å². The first-order chi connectivity index (χ1) is 7.67. The van der Waals surface area contributed by atoms with Crippen LogP contribution in [0, 0.1) is 0 Å². The van der Waals surface area contributed by atoms with Gasteiger partial charge in [0.15, 0.2) is 0 Å². The second-order valence-corrected chi connectivity index (χ2v) is 3.32. The molecule has 1 aromatic rings. The third kappa shape index (κ3) is 3.27. The number of phenols is 1. The van der Waals surface area contributed by atoms with Gasteiger partial charge in [-0.25, -0.2) is 0 Å². The van der Waals surface area contributed by atoms with Gasteiger partial charge in [0.25, 0.3) is 0 Å². The van der Waals surface area contributed by atoms with Crippen LogP contribution in [0.1, 0.15) is 5.56 Å². The highest BCUT2D eigenvalue weighted by atomic mass is 16.3. The number of benzene rings is 1. The van der Waals surface area contributed by atoms with E-state index in [1.165, 1.54) is 19.2 Å². The normalized spacial score (nSPS) is 11.6. The molecule has 0 aliphatic rings. The summed E-state index contributed by atoms with van der Waals surface area (Å²) in [5, 5.41) is 14.0. The Bertz CT molecular complexity index is 362. The Morgan fingerprint density at radius 2 is 2.06 bits per heavy atom. The standard InChI is InChI=1S/C11H14N2O3/c1-12-11(16)10(13-7-14)6-8-2-4-9(15)5-3-8/h2-5,7,10,15H,6H2,1H3,(H,12,16)(H,13,14). The van der Waals surface area contributed by atoms with Gasteiger partial charge in [-0.1, -0.05) is 12.1 Å². The van der Waals surface area contributed by atoms with Crippen LogP contribution in [0.2, 0.25) is 0 Å². The second kappa shape index (κ2) is 5.75. The Hall–Kier alpha value is -2.04. The Kier molecular flexibility index (Phi) is 4.32. The highest BCUT2D eigenvalue weighted by Gasteiger charge is 2.16. The van der Waals surface area contributed by atoms with Crippen LogP contribution < -0.4 is 10.6 Å². The van der Waals surface area contributed by atoms with E-state index in [2.05, 4.69) is 10.6 Å². The molecule has 0 saturated heterocycles. The van der Waals surface area contributed by atoms with Gasteiger partial charge in [-0.05, 0) is 17.7 Å². The van der Waals surface area contributed by atoms with Gasteiger partial charge in [0, 0.05) is 13.5 Å². The lowest BCUT2D eigenvalue weighted by atomic mass is 10.1. The third-order valence-corrected chi connectivity index (χ3v) is 2.21. The number of carbonyl (C=O) groups is 2. The van der Waals surface area contributed by atoms with Gasteiger partial charge in [0.05, 0.1) is 0 Å². The molecule has 86 valence electrons. The maximum Gasteiger partial charge on any atom is 0.242 e. The summed E-state index contributed by atoms with van der Waals surface area (Å²) in [4.78, 5) is 21.7. The summed E-state index contributed by atoms with van der Waals surface area (Å²) < 4.78 is 0. The molecule has 5 heteroatoms. The lowest BCUT2D eigenvalue weighted by Crippen LogP contribution is -2.43. The molecule has 0 spiro atoms. The highest BCUT2D eigenvalue weighted by Crippen LogP contribution is 2.11. The van der Waals surface area contributed by atoms with Crippen molar-refractivity contribution in [1.29, 1.82) is 0 Å². The van der Waals surface area contributed by atoms with Gasteiger partial charge in [-0.2, -0.15) is 0 Å². The van der Waals surface area contributed by atoms with Gasteiger partial charge in [0.1, 0.15) is 11.8 Å². The molecule has 0 aliphatic heterocycles. The number of likely N-dealkylation sites (N-methyl/N-ethyl adjacent to an activating group) is 1. The summed E-state index contributed by atoms with van der Waals surface area (Å²) in [6, 6.07) is 5.90. The van der Waals surface area contributed by atoms with E-state index < -0.39 is 6.04 Å². The minimum absolute atomic E-state index is 0.170. The van der Waals surface area contributed by atoms with Gasteiger partial charge < -0.3 is 15.7 Å². The van der Waals surface area contributed by atoms with Gasteiger partial charge in [-0.3, -0.25) is 9.59 Å². The Balaban J connectivity index is 2.71. The van der Waals surface area contributed by atoms with Crippen molar-refractivity contribution in [3.05, 3.63) is 29.8 Å². The van der Waals surface area contributed by atoms with Crippen LogP contribution in [-0.2, 0) is 16.0 Å². The van der Waals surface area contributed by atoms with E-state index in [4.69, 9.17) is 5.11 Å². The zero-order chi connectivity index (χ0) is 12.0. The average Bonchev–Trinajstić information content (AvgIpc) is 2.30. The smallest absolute Gasteiger partial charge is 0.242 e. The van der Waals surface area contributed by atoms with Crippen molar-refractivity contribution in [1.82, 2.24) is 10.6 Å². The SMILES string of the molecule is CNC(=O)C(Cc1ccc(O)cc1)NC=O. The van der Waals surface area contributed by atoms with Crippen molar-refractivity contribution in [2.24, 2.45) is 0 Å². The highest BCUT2D eigenvalue weighted by molar-refractivity contribution is 5.83. The van der Waals surface area contributed by atoms with Crippen LogP contribution >= 0.6 is 0 Å². The molecule has 0 bridgehead atoms. The van der Waals surface area contributed by atoms with Crippen molar-refractivity contribution in [3.63, 3.8) is 0 Å². The summed E-state index contributed by atoms with van der Waals surface area (Å²) in [5.74, 6) is -0.0798. The topological polar surface area (TPSA) is 78.4 Å². The fraction of sp³-hybridized carbons (Fsp3) is 0.273. The number of aromatic hydroxyl groups is 1. The van der Waals surface area contributed by atoms with Crippen molar-refractivity contribution in [2.75, 3.05) is 7.05 Å². The van der Waals surface area contributed by atoms with Crippen LogP contribution in [0.4, 0.5) is 0 Å². The van der Waals surface area contributed by atoms with E-state index in [-0.39, 0.29) is 11.7 Å². The molecular formula is C11H14N2O3. The Morgan fingerprint density at radius 3 is 2.56 bits per heavy atom. The summed E-state index contributed by atoms with van der Waals surface area (Å²) >= 11 is 0. The van der Waals surface area contributed by atoms with Gasteiger partial charge >= 0.3 is 0 Å². The number of hydrogen-bond donors (Lipinski definition) is 3. The molecular weight excluding hydrogens is 208 g/mol. The van der Waals surface area contributed by atoms with E-state index in [0.29, 0.717) is 12.8 Å². The monoisotopic (exact) mass is 222 g/mol. The number of nitrogens with one attached hydrogen (secondary N) is 2. The molecule has 0 heterocycles. The number of amides is 2. The molecule has 1 aromatic carbocycles. The fourth-order valence-electron chi connectivity index (χ4n) is 1.35. The quantitative estimate of drug-likeness (QED) is 0.603. The van der Waals surface area contributed by atoms with E-state index in [0.717, 1.165) is 5.56 Å². The molecule has 3 N–H and O–H groups in total. The van der Waals surface area contributed by atoms with Crippen LogP contribution in [0.25, 0.3) is 0 Å². The number of phenolic OH excluding ortho intramolecular Hbond substituents is 1. The van der Waals surface area contributed by atoms with Gasteiger partial charge in [0.2, 0.25) is 12.3 Å². The van der Waals surface area contributed by atoms with Crippen LogP contribution in [0.5, 0.6) is 5.75 Å². The predicted molar refractivity (Wildman–Crippen MR) is 58.9 cm³/mol. The summed E-state index contributed by atoms with van der Waals surface area (Å²) in [5.41, 5.74) is 0.862. The first kappa shape index (κ1) is 12.0. The molecule has 0 fully saturated rings. The van der Waals surface area contributed by atoms with Gasteiger partial charge in [-0.15, -0.1) is 0 Å². The summed E-state index contributed by atoms with van der Waals surface area (Å²) in [6.45, 7) is 0. The van der Waals surface area contributed by atoms with E-state index >= 15 is 0 Å². The zero-order valence-corrected chi connectivity index (χ0v) is 8.93. The molecule has 2 amide bonds. The first-order valence-corrected chi connectivity index (χ1v) is 4.86. The molecule has 0 radical (unpaired) electrons. The minimum Gasteiger partial charge on any atom is -0.508 e. The molecule has 5 nitrogen and oxygen atoms in total. The number of rotatable bonds is 5. The van der Waals surface area contributed by atoms with E-state index in [1.807, 2.05) is 0 Å². The predicted octanol–water partition coefficient (Wildman–Crippen LogP) is -0.205. The minimum atomic E-state index is -0.591. The van der Waals surface area contributed by atoms with Crippen LogP contribution in [0.3, 0.4) is 0 Å². The summed E-state index contributed by atoms with van der Waals surface area (Å²) in [6.07, 6.45) is 0.888. The average molecular weight is 222 g/mol. The first-order valence-electron chi connectivity index (χ1n) is 4.86. The van der Waals surface area contributed by atoms with Crippen molar-refractivity contribution in [3.8, 4) is 5.75 Å². The summed E-state index contributed by atoms with van der Waals surface area (Å²) in [7, 11) is 1.51. The molecule has 1 unspecified atom stereocenters. The van der Waals surface area contributed by atoms with Crippen LogP contribution in [0.15, 0.2) is 24.3 Å². The molecule has 1 rings (SSSR count). The zero-order valence-electron chi connectivity index (χ0n) is 8.93. The number of hydrogen-bond acceptors (Lipinski definition) is 3. The second-order valence-electron chi connectivity index (χ2n) is 3.32. The van der Waals surface area contributed by atoms with Crippen molar-refractivity contribution >= 4 is 12.3 Å². The lowest BCUT2D eigenvalue weighted by Gasteiger charge is -2.14. The lowest BCUT2D eigenvalue weighted by molar-refractivity contribution is -0.124. The van der Waals surface area contributed by atoms with E-state index in [1.54, 1.807) is 12.1 Å². The van der Waals surface area contributed by atoms with Crippen molar-refractivity contribution < 1.29 is 14.7 Å². The maximum absolute atomic E-state index is 11.4. The molecule has 0 saturated carbocycles. The van der Waals surface area contributed by atoms with E-state index in [9.17, 15) is 9.59 Å². The van der Waals surface area contributed by atoms with Crippen LogP contribution in [-0.4, -0.2) is 30.5 Å². The molecule has 16 heavy (non-hydrogen) atoms. The third-order valence-electron chi connectivity index (χ3n) is 2.21. The molecule has 0 aliphatic carbocycles. The maximum atomic E-state index is 11.4. The Morgan fingerprint density at radius 1 is 1.44 bits per heavy atom. The number of carbonyl (C=O) groups excluding carboxylic acids is 2. The fourth-order valence-corrected chi connectivity index (χ4v) is 1.35.